The van der Waals surface area contributed by atoms with Crippen LogP contribution in [0.3, 0.4) is 0 Å². The fourth-order valence-electron chi connectivity index (χ4n) is 3.30. The van der Waals surface area contributed by atoms with E-state index in [1.807, 2.05) is 0 Å². The van der Waals surface area contributed by atoms with Crippen molar-refractivity contribution in [3.63, 3.8) is 0 Å². The Kier molecular flexibility index (Phi) is 5.18. The largest absolute Gasteiger partial charge is 0.481 e. The van der Waals surface area contributed by atoms with Crippen molar-refractivity contribution < 1.29 is 9.90 Å². The van der Waals surface area contributed by atoms with E-state index in [0.29, 0.717) is 6.04 Å². The molecule has 1 heterocycles. The quantitative estimate of drug-likeness (QED) is 0.889. The molecule has 1 saturated heterocycles. The van der Waals surface area contributed by atoms with E-state index >= 15 is 0 Å². The Morgan fingerprint density at radius 3 is 2.65 bits per heavy atom. The van der Waals surface area contributed by atoms with Crippen LogP contribution in [0.4, 0.5) is 0 Å². The lowest BCUT2D eigenvalue weighted by Gasteiger charge is -2.40. The molecule has 0 aliphatic carbocycles. The Morgan fingerprint density at radius 1 is 1.35 bits per heavy atom. The number of hydrogen-bond acceptors (Lipinski definition) is 2. The van der Waals surface area contributed by atoms with E-state index in [1.165, 1.54) is 17.5 Å². The maximum atomic E-state index is 11.1. The fourth-order valence-corrected chi connectivity index (χ4v) is 3.30. The average Bonchev–Trinajstić information content (AvgIpc) is 2.43. The van der Waals surface area contributed by atoms with Crippen LogP contribution in [0.5, 0.6) is 0 Å². The van der Waals surface area contributed by atoms with Gasteiger partial charge >= 0.3 is 5.97 Å². The second-order valence-corrected chi connectivity index (χ2v) is 5.82. The van der Waals surface area contributed by atoms with Crippen LogP contribution in [-0.4, -0.2) is 28.6 Å². The highest BCUT2D eigenvalue weighted by molar-refractivity contribution is 5.67. The second-order valence-electron chi connectivity index (χ2n) is 5.82. The van der Waals surface area contributed by atoms with Gasteiger partial charge in [-0.2, -0.15) is 0 Å². The lowest BCUT2D eigenvalue weighted by Crippen LogP contribution is -2.43. The molecule has 2 unspecified atom stereocenters. The summed E-state index contributed by atoms with van der Waals surface area (Å²) in [5, 5.41) is 9.12. The predicted molar refractivity (Wildman–Crippen MR) is 80.8 cm³/mol. The molecule has 0 aromatic heterocycles. The summed E-state index contributed by atoms with van der Waals surface area (Å²) in [6.45, 7) is 5.31. The van der Waals surface area contributed by atoms with E-state index < -0.39 is 5.97 Å². The van der Waals surface area contributed by atoms with Crippen LogP contribution in [-0.2, 0) is 4.79 Å². The van der Waals surface area contributed by atoms with Crippen molar-refractivity contribution in [1.29, 1.82) is 0 Å². The summed E-state index contributed by atoms with van der Waals surface area (Å²) in [4.78, 5) is 13.5. The summed E-state index contributed by atoms with van der Waals surface area (Å²) in [5.74, 6) is -0.680. The van der Waals surface area contributed by atoms with Crippen LogP contribution >= 0.6 is 0 Å². The molecule has 0 bridgehead atoms. The van der Waals surface area contributed by atoms with Gasteiger partial charge < -0.3 is 5.11 Å². The number of benzene rings is 1. The van der Waals surface area contributed by atoms with Gasteiger partial charge in [0.15, 0.2) is 0 Å². The van der Waals surface area contributed by atoms with Gasteiger partial charge in [-0.3, -0.25) is 9.69 Å². The predicted octanol–water partition coefficient (Wildman–Crippen LogP) is 3.78. The minimum atomic E-state index is -0.680. The van der Waals surface area contributed by atoms with Gasteiger partial charge in [0.05, 0.1) is 6.42 Å². The molecule has 0 spiro atoms. The van der Waals surface area contributed by atoms with Crippen LogP contribution < -0.4 is 0 Å². The van der Waals surface area contributed by atoms with E-state index in [1.54, 1.807) is 0 Å². The number of carboxylic acid groups (broad SMARTS) is 1. The van der Waals surface area contributed by atoms with Crippen LogP contribution in [0.2, 0.25) is 0 Å². The van der Waals surface area contributed by atoms with Crippen molar-refractivity contribution in [3.8, 4) is 0 Å². The first-order valence-electron chi connectivity index (χ1n) is 7.66. The number of nitrogens with zero attached hydrogens (tertiary/aromatic N) is 1. The molecule has 2 rings (SSSR count). The molecule has 0 radical (unpaired) electrons. The Hall–Kier alpha value is -1.35. The van der Waals surface area contributed by atoms with Gasteiger partial charge in [-0.1, -0.05) is 43.2 Å². The fraction of sp³-hybridized carbons (Fsp3) is 0.588. The van der Waals surface area contributed by atoms with Gasteiger partial charge in [0, 0.05) is 12.1 Å². The van der Waals surface area contributed by atoms with E-state index in [0.717, 1.165) is 25.8 Å². The Bertz CT molecular complexity index is 441. The number of hydrogen-bond donors (Lipinski definition) is 1. The normalized spacial score (nSPS) is 21.6. The summed E-state index contributed by atoms with van der Waals surface area (Å²) in [6, 6.07) is 9.21. The van der Waals surface area contributed by atoms with Gasteiger partial charge in [0.2, 0.25) is 0 Å². The molecule has 0 amide bonds. The van der Waals surface area contributed by atoms with Gasteiger partial charge in [-0.25, -0.2) is 0 Å². The van der Waals surface area contributed by atoms with Crippen LogP contribution in [0.25, 0.3) is 0 Å². The summed E-state index contributed by atoms with van der Waals surface area (Å²) < 4.78 is 0. The zero-order valence-corrected chi connectivity index (χ0v) is 12.5. The highest BCUT2D eigenvalue weighted by atomic mass is 16.4. The van der Waals surface area contributed by atoms with Crippen molar-refractivity contribution in [1.82, 2.24) is 4.90 Å². The molecule has 110 valence electrons. The topological polar surface area (TPSA) is 40.5 Å². The highest BCUT2D eigenvalue weighted by Gasteiger charge is 2.30. The highest BCUT2D eigenvalue weighted by Crippen LogP contribution is 2.32. The minimum Gasteiger partial charge on any atom is -0.481 e. The number of likely N-dealkylation sites (tertiary alicyclic amines) is 1. The number of carbonyl (C=O) groups is 1. The first-order valence-corrected chi connectivity index (χ1v) is 7.66. The Balaban J connectivity index is 2.19. The molecule has 1 N–H and O–H groups in total. The van der Waals surface area contributed by atoms with Crippen molar-refractivity contribution in [2.24, 2.45) is 0 Å². The monoisotopic (exact) mass is 275 g/mol. The van der Waals surface area contributed by atoms with E-state index in [2.05, 4.69) is 43.0 Å². The second kappa shape index (κ2) is 6.89. The zero-order chi connectivity index (χ0) is 14.5. The average molecular weight is 275 g/mol. The van der Waals surface area contributed by atoms with E-state index in [-0.39, 0.29) is 12.5 Å². The maximum absolute atomic E-state index is 11.1. The molecule has 1 fully saturated rings. The molecular weight excluding hydrogens is 250 g/mol. The first-order chi connectivity index (χ1) is 9.61. The van der Waals surface area contributed by atoms with Gasteiger partial charge in [-0.15, -0.1) is 0 Å². The number of aliphatic carboxylic acids is 1. The van der Waals surface area contributed by atoms with Crippen LogP contribution in [0.1, 0.15) is 56.2 Å². The van der Waals surface area contributed by atoms with Crippen molar-refractivity contribution in [2.45, 2.75) is 58.0 Å². The third kappa shape index (κ3) is 3.60. The first kappa shape index (κ1) is 15.0. The molecule has 2 atom stereocenters. The summed E-state index contributed by atoms with van der Waals surface area (Å²) in [5.41, 5.74) is 2.58. The number of rotatable bonds is 5. The van der Waals surface area contributed by atoms with Gasteiger partial charge in [0.1, 0.15) is 0 Å². The molecule has 20 heavy (non-hydrogen) atoms. The van der Waals surface area contributed by atoms with Crippen molar-refractivity contribution >= 4 is 5.97 Å². The summed E-state index contributed by atoms with van der Waals surface area (Å²) >= 11 is 0. The third-order valence-electron chi connectivity index (χ3n) is 4.33. The molecule has 1 aromatic carbocycles. The maximum Gasteiger partial charge on any atom is 0.304 e. The van der Waals surface area contributed by atoms with Crippen LogP contribution in [0.15, 0.2) is 24.3 Å². The van der Waals surface area contributed by atoms with Gasteiger partial charge in [0.25, 0.3) is 0 Å². The lowest BCUT2D eigenvalue weighted by atomic mass is 9.93. The molecule has 1 aliphatic heterocycles. The number of aryl methyl sites for hydroxylation is 1. The molecule has 1 aromatic rings. The van der Waals surface area contributed by atoms with E-state index in [4.69, 9.17) is 5.11 Å². The molecule has 0 saturated carbocycles. The third-order valence-corrected chi connectivity index (χ3v) is 4.33. The zero-order valence-electron chi connectivity index (χ0n) is 12.5. The lowest BCUT2D eigenvalue weighted by molar-refractivity contribution is -0.139. The molecule has 3 heteroatoms. The SMILES string of the molecule is CCC(c1ccc(C)cc1)N1CCCCC1CC(=O)O. The van der Waals surface area contributed by atoms with E-state index in [9.17, 15) is 4.79 Å². The number of carboxylic acids is 1. The number of piperidine rings is 1. The smallest absolute Gasteiger partial charge is 0.304 e. The summed E-state index contributed by atoms with van der Waals surface area (Å²) in [7, 11) is 0. The van der Waals surface area contributed by atoms with Crippen LogP contribution in [0, 0.1) is 6.92 Å². The molecular formula is C17H25NO2. The summed E-state index contributed by atoms with van der Waals surface area (Å²) in [6.07, 6.45) is 4.63. The Morgan fingerprint density at radius 2 is 2.05 bits per heavy atom. The Labute approximate surface area is 121 Å². The van der Waals surface area contributed by atoms with Gasteiger partial charge in [-0.05, 0) is 38.3 Å². The standard InChI is InChI=1S/C17H25NO2/c1-3-16(14-9-7-13(2)8-10-14)18-11-5-4-6-15(18)12-17(19)20/h7-10,15-16H,3-6,11-12H2,1-2H3,(H,19,20). The minimum absolute atomic E-state index is 0.188. The molecule has 1 aliphatic rings. The molecule has 3 nitrogen and oxygen atoms in total. The van der Waals surface area contributed by atoms with Crippen molar-refractivity contribution in [3.05, 3.63) is 35.4 Å². The van der Waals surface area contributed by atoms with Crippen molar-refractivity contribution in [2.75, 3.05) is 6.54 Å².